The van der Waals surface area contributed by atoms with Crippen molar-refractivity contribution < 1.29 is 8.42 Å². The number of sulfone groups is 1. The van der Waals surface area contributed by atoms with Gasteiger partial charge in [-0.3, -0.25) is 14.8 Å². The van der Waals surface area contributed by atoms with Crippen molar-refractivity contribution in [3.63, 3.8) is 0 Å². The summed E-state index contributed by atoms with van der Waals surface area (Å²) in [5, 5.41) is 0. The molecule has 2 aliphatic heterocycles. The van der Waals surface area contributed by atoms with Crippen LogP contribution in [0, 0.1) is 5.41 Å². The van der Waals surface area contributed by atoms with Gasteiger partial charge in [-0.15, -0.1) is 0 Å². The zero-order chi connectivity index (χ0) is 18.9. The van der Waals surface area contributed by atoms with Crippen molar-refractivity contribution in [3.05, 3.63) is 30.1 Å². The van der Waals surface area contributed by atoms with E-state index in [2.05, 4.69) is 53.7 Å². The van der Waals surface area contributed by atoms with E-state index in [0.717, 1.165) is 38.3 Å². The second-order valence-electron chi connectivity index (χ2n) is 8.92. The lowest BCUT2D eigenvalue weighted by molar-refractivity contribution is 0.0143. The molecule has 26 heavy (non-hydrogen) atoms. The van der Waals surface area contributed by atoms with Gasteiger partial charge < -0.3 is 4.90 Å². The van der Waals surface area contributed by atoms with E-state index in [9.17, 15) is 8.42 Å². The molecule has 7 heteroatoms. The minimum atomic E-state index is -2.97. The molecule has 0 aliphatic carbocycles. The van der Waals surface area contributed by atoms with E-state index in [1.807, 2.05) is 12.3 Å². The summed E-state index contributed by atoms with van der Waals surface area (Å²) in [5.41, 5.74) is 1.28. The van der Waals surface area contributed by atoms with Crippen LogP contribution in [0.1, 0.15) is 19.4 Å². The Hall–Kier alpha value is -1.02. The highest BCUT2D eigenvalue weighted by Gasteiger charge is 2.47. The van der Waals surface area contributed by atoms with Gasteiger partial charge in [-0.05, 0) is 31.1 Å². The Bertz CT molecular complexity index is 706. The third kappa shape index (κ3) is 4.82. The fraction of sp³-hybridized carbons (Fsp3) is 0.737. The number of nitrogens with zero attached hydrogens (tertiary/aromatic N) is 4. The monoisotopic (exact) mass is 380 g/mol. The highest BCUT2D eigenvalue weighted by Crippen LogP contribution is 2.30. The SMILES string of the molecule is CN(C)CC(C)(C)CN1CCN(Cc2cccnc2)[C@@H]2CS(=O)(=O)C[C@@H]21. The molecule has 0 aromatic carbocycles. The molecule has 146 valence electrons. The van der Waals surface area contributed by atoms with Gasteiger partial charge in [0.1, 0.15) is 0 Å². The third-order valence-corrected chi connectivity index (χ3v) is 7.09. The Morgan fingerprint density at radius 3 is 2.46 bits per heavy atom. The zero-order valence-electron chi connectivity index (χ0n) is 16.4. The third-order valence-electron chi connectivity index (χ3n) is 5.39. The number of piperazine rings is 1. The molecule has 2 fully saturated rings. The van der Waals surface area contributed by atoms with E-state index >= 15 is 0 Å². The maximum Gasteiger partial charge on any atom is 0.153 e. The van der Waals surface area contributed by atoms with Crippen molar-refractivity contribution in [1.82, 2.24) is 19.7 Å². The molecule has 2 saturated heterocycles. The summed E-state index contributed by atoms with van der Waals surface area (Å²) >= 11 is 0. The van der Waals surface area contributed by atoms with Crippen molar-refractivity contribution >= 4 is 9.84 Å². The number of hydrogen-bond acceptors (Lipinski definition) is 6. The van der Waals surface area contributed by atoms with Crippen molar-refractivity contribution in [3.8, 4) is 0 Å². The fourth-order valence-corrected chi connectivity index (χ4v) is 6.71. The number of fused-ring (bicyclic) bond motifs is 1. The largest absolute Gasteiger partial charge is 0.309 e. The summed E-state index contributed by atoms with van der Waals surface area (Å²) in [6.45, 7) is 9.08. The summed E-state index contributed by atoms with van der Waals surface area (Å²) < 4.78 is 24.8. The lowest BCUT2D eigenvalue weighted by atomic mass is 9.90. The van der Waals surface area contributed by atoms with Crippen LogP contribution in [-0.2, 0) is 16.4 Å². The molecule has 2 atom stereocenters. The number of pyridine rings is 1. The first-order chi connectivity index (χ1) is 12.2. The van der Waals surface area contributed by atoms with E-state index in [0.29, 0.717) is 5.75 Å². The molecule has 6 nitrogen and oxygen atoms in total. The van der Waals surface area contributed by atoms with E-state index in [1.165, 1.54) is 0 Å². The van der Waals surface area contributed by atoms with Crippen LogP contribution in [-0.4, -0.2) is 92.0 Å². The van der Waals surface area contributed by atoms with Gasteiger partial charge in [0.25, 0.3) is 0 Å². The van der Waals surface area contributed by atoms with E-state index in [4.69, 9.17) is 0 Å². The van der Waals surface area contributed by atoms with Crippen LogP contribution >= 0.6 is 0 Å². The van der Waals surface area contributed by atoms with Gasteiger partial charge in [0, 0.05) is 57.2 Å². The van der Waals surface area contributed by atoms with Crippen LogP contribution in [0.25, 0.3) is 0 Å². The van der Waals surface area contributed by atoms with Gasteiger partial charge in [0.2, 0.25) is 0 Å². The topological polar surface area (TPSA) is 56.8 Å². The van der Waals surface area contributed by atoms with Crippen LogP contribution in [0.15, 0.2) is 24.5 Å². The molecule has 0 radical (unpaired) electrons. The lowest BCUT2D eigenvalue weighted by Crippen LogP contribution is -2.60. The highest BCUT2D eigenvalue weighted by molar-refractivity contribution is 7.91. The molecule has 0 bridgehead atoms. The first-order valence-electron chi connectivity index (χ1n) is 9.37. The van der Waals surface area contributed by atoms with Crippen molar-refractivity contribution in [2.75, 3.05) is 51.8 Å². The van der Waals surface area contributed by atoms with Crippen LogP contribution in [0.5, 0.6) is 0 Å². The average Bonchev–Trinajstić information content (AvgIpc) is 2.85. The van der Waals surface area contributed by atoms with Crippen LogP contribution in [0.4, 0.5) is 0 Å². The number of rotatable bonds is 6. The van der Waals surface area contributed by atoms with E-state index in [-0.39, 0.29) is 23.3 Å². The Balaban J connectivity index is 1.74. The molecule has 3 heterocycles. The molecule has 0 amide bonds. The molecule has 1 aromatic heterocycles. The Labute approximate surface area is 158 Å². The Kier molecular flexibility index (Phi) is 5.72. The van der Waals surface area contributed by atoms with Crippen molar-refractivity contribution in [2.45, 2.75) is 32.5 Å². The van der Waals surface area contributed by atoms with E-state index in [1.54, 1.807) is 6.20 Å². The fourth-order valence-electron chi connectivity index (χ4n) is 4.67. The Morgan fingerprint density at radius 1 is 1.19 bits per heavy atom. The van der Waals surface area contributed by atoms with Gasteiger partial charge >= 0.3 is 0 Å². The van der Waals surface area contributed by atoms with Crippen LogP contribution in [0.2, 0.25) is 0 Å². The predicted molar refractivity (Wildman–Crippen MR) is 105 cm³/mol. The minimum absolute atomic E-state index is 0.0871. The summed E-state index contributed by atoms with van der Waals surface area (Å²) in [6, 6.07) is 4.20. The highest BCUT2D eigenvalue weighted by atomic mass is 32.2. The van der Waals surface area contributed by atoms with Crippen molar-refractivity contribution in [1.29, 1.82) is 0 Å². The molecule has 0 spiro atoms. The predicted octanol–water partition coefficient (Wildman–Crippen LogP) is 0.953. The maximum absolute atomic E-state index is 12.4. The van der Waals surface area contributed by atoms with Gasteiger partial charge in [-0.1, -0.05) is 19.9 Å². The summed E-state index contributed by atoms with van der Waals surface area (Å²) in [5.74, 6) is 0.571. The smallest absolute Gasteiger partial charge is 0.153 e. The van der Waals surface area contributed by atoms with Gasteiger partial charge in [-0.25, -0.2) is 8.42 Å². The Morgan fingerprint density at radius 2 is 1.85 bits per heavy atom. The van der Waals surface area contributed by atoms with Crippen LogP contribution in [0.3, 0.4) is 0 Å². The molecule has 3 rings (SSSR count). The van der Waals surface area contributed by atoms with Gasteiger partial charge in [0.05, 0.1) is 11.5 Å². The van der Waals surface area contributed by atoms with Gasteiger partial charge in [0.15, 0.2) is 9.84 Å². The molecule has 1 aromatic rings. The first kappa shape index (κ1) is 19.7. The quantitative estimate of drug-likeness (QED) is 0.733. The average molecular weight is 381 g/mol. The summed E-state index contributed by atoms with van der Waals surface area (Å²) in [6.07, 6.45) is 3.65. The van der Waals surface area contributed by atoms with Crippen LogP contribution < -0.4 is 0 Å². The van der Waals surface area contributed by atoms with Crippen molar-refractivity contribution in [2.24, 2.45) is 5.41 Å². The number of hydrogen-bond donors (Lipinski definition) is 0. The number of aromatic nitrogens is 1. The zero-order valence-corrected chi connectivity index (χ0v) is 17.2. The minimum Gasteiger partial charge on any atom is -0.309 e. The molecule has 0 N–H and O–H groups in total. The second-order valence-corrected chi connectivity index (χ2v) is 11.1. The summed E-state index contributed by atoms with van der Waals surface area (Å²) in [7, 11) is 1.21. The molecule has 2 aliphatic rings. The molecular formula is C19H32N4O2S. The molecule has 0 saturated carbocycles. The van der Waals surface area contributed by atoms with E-state index < -0.39 is 9.84 Å². The van der Waals surface area contributed by atoms with Gasteiger partial charge in [-0.2, -0.15) is 0 Å². The second kappa shape index (κ2) is 7.54. The molecular weight excluding hydrogens is 348 g/mol. The molecule has 0 unspecified atom stereocenters. The first-order valence-corrected chi connectivity index (χ1v) is 11.2. The normalized spacial score (nSPS) is 27.0. The standard InChI is InChI=1S/C19H32N4O2S/c1-19(2,14-21(3)4)15-23-9-8-22(11-16-6-5-7-20-10-16)17-12-26(24,25)13-18(17)23/h5-7,10,17-18H,8-9,11-15H2,1-4H3/t17-,18+/m1/s1. The maximum atomic E-state index is 12.4. The lowest BCUT2D eigenvalue weighted by Gasteiger charge is -2.46. The summed E-state index contributed by atoms with van der Waals surface area (Å²) in [4.78, 5) is 11.2.